The van der Waals surface area contributed by atoms with Crippen molar-refractivity contribution in [3.8, 4) is 0 Å². The fourth-order valence-corrected chi connectivity index (χ4v) is 0.692. The molecule has 0 spiro atoms. The molecule has 0 fully saturated rings. The maximum absolute atomic E-state index is 5.63. The van der Waals surface area contributed by atoms with Crippen LogP contribution < -0.4 is 0 Å². The molecule has 0 aliphatic carbocycles. The third-order valence-corrected chi connectivity index (χ3v) is 1.57. The number of rotatable bonds is 2. The third kappa shape index (κ3) is 3.34. The van der Waals surface area contributed by atoms with Gasteiger partial charge in [0.1, 0.15) is 0 Å². The molecule has 0 bridgehead atoms. The highest BCUT2D eigenvalue weighted by Gasteiger charge is 1.90. The van der Waals surface area contributed by atoms with E-state index >= 15 is 0 Å². The molecule has 0 unspecified atom stereocenters. The Kier molecular flexibility index (Phi) is 4.39. The van der Waals surface area contributed by atoms with Crippen LogP contribution in [-0.4, -0.2) is 5.88 Å². The van der Waals surface area contributed by atoms with E-state index in [0.717, 1.165) is 11.5 Å². The quantitative estimate of drug-likeness (QED) is 0.534. The molecule has 0 aliphatic rings. The summed E-state index contributed by atoms with van der Waals surface area (Å²) in [7, 11) is 0. The smallest absolute Gasteiger partial charge is 0.0261 e. The number of alkyl halides is 1. The second kappa shape index (κ2) is 4.22. The van der Waals surface area contributed by atoms with E-state index < -0.39 is 0 Å². The van der Waals surface area contributed by atoms with Crippen molar-refractivity contribution >= 4 is 23.2 Å². The lowest BCUT2D eigenvalue weighted by Crippen LogP contribution is -1.78. The number of hydrogen-bond donors (Lipinski definition) is 0. The predicted octanol–water partition coefficient (Wildman–Crippen LogP) is 3.15. The van der Waals surface area contributed by atoms with Crippen LogP contribution in [0.25, 0.3) is 0 Å². The molecular formula is C6H10Cl2. The molecule has 0 saturated heterocycles. The first kappa shape index (κ1) is 8.32. The van der Waals surface area contributed by atoms with Crippen molar-refractivity contribution in [3.63, 3.8) is 0 Å². The molecule has 0 aromatic heterocycles. The Morgan fingerprint density at radius 3 is 2.00 bits per heavy atom. The van der Waals surface area contributed by atoms with E-state index in [0.29, 0.717) is 5.88 Å². The summed E-state index contributed by atoms with van der Waals surface area (Å²) in [6.45, 7) is 3.87. The lowest BCUT2D eigenvalue weighted by Gasteiger charge is -1.95. The van der Waals surface area contributed by atoms with Crippen molar-refractivity contribution in [1.29, 1.82) is 0 Å². The molecule has 48 valence electrons. The Morgan fingerprint density at radius 1 is 1.38 bits per heavy atom. The second-order valence-electron chi connectivity index (χ2n) is 1.75. The molecule has 0 aromatic rings. The van der Waals surface area contributed by atoms with Crippen molar-refractivity contribution in [2.45, 2.75) is 20.3 Å². The SMILES string of the molecule is CC(Cl)=C(C)CCCl. The van der Waals surface area contributed by atoms with Crippen LogP contribution in [0.4, 0.5) is 0 Å². The van der Waals surface area contributed by atoms with E-state index in [4.69, 9.17) is 23.2 Å². The lowest BCUT2D eigenvalue weighted by atomic mass is 10.2. The van der Waals surface area contributed by atoms with E-state index in [2.05, 4.69) is 0 Å². The number of hydrogen-bond acceptors (Lipinski definition) is 0. The summed E-state index contributed by atoms with van der Waals surface area (Å²) in [5, 5.41) is 0.866. The minimum absolute atomic E-state index is 0.663. The highest BCUT2D eigenvalue weighted by molar-refractivity contribution is 6.29. The molecule has 0 rings (SSSR count). The zero-order valence-corrected chi connectivity index (χ0v) is 6.68. The van der Waals surface area contributed by atoms with Crippen LogP contribution in [0.15, 0.2) is 10.6 Å². The lowest BCUT2D eigenvalue weighted by molar-refractivity contribution is 1.09. The Balaban J connectivity index is 3.62. The molecule has 0 atom stereocenters. The maximum Gasteiger partial charge on any atom is 0.0261 e. The zero-order chi connectivity index (χ0) is 6.57. The minimum atomic E-state index is 0.663. The van der Waals surface area contributed by atoms with Crippen LogP contribution in [0.1, 0.15) is 20.3 Å². The van der Waals surface area contributed by atoms with Gasteiger partial charge in [0.2, 0.25) is 0 Å². The average Bonchev–Trinajstić information content (AvgIpc) is 1.67. The number of allylic oxidation sites excluding steroid dienone is 2. The molecule has 0 N–H and O–H groups in total. The Hall–Kier alpha value is 0.320. The van der Waals surface area contributed by atoms with Gasteiger partial charge in [-0.3, -0.25) is 0 Å². The average molecular weight is 153 g/mol. The highest BCUT2D eigenvalue weighted by Crippen LogP contribution is 2.11. The van der Waals surface area contributed by atoms with E-state index in [1.807, 2.05) is 13.8 Å². The van der Waals surface area contributed by atoms with E-state index in [1.165, 1.54) is 5.57 Å². The van der Waals surface area contributed by atoms with Crippen LogP contribution in [0, 0.1) is 0 Å². The van der Waals surface area contributed by atoms with Gasteiger partial charge in [-0.15, -0.1) is 11.6 Å². The van der Waals surface area contributed by atoms with Gasteiger partial charge in [0.15, 0.2) is 0 Å². The van der Waals surface area contributed by atoms with E-state index in [9.17, 15) is 0 Å². The first-order valence-corrected chi connectivity index (χ1v) is 3.47. The number of halogens is 2. The second-order valence-corrected chi connectivity index (χ2v) is 2.70. The summed E-state index contributed by atoms with van der Waals surface area (Å²) in [6.07, 6.45) is 0.900. The van der Waals surface area contributed by atoms with Gasteiger partial charge in [0, 0.05) is 10.9 Å². The first-order chi connectivity index (χ1) is 3.68. The van der Waals surface area contributed by atoms with Gasteiger partial charge in [-0.1, -0.05) is 17.2 Å². The fourth-order valence-electron chi connectivity index (χ4n) is 0.314. The monoisotopic (exact) mass is 152 g/mol. The molecule has 2 heteroatoms. The standard InChI is InChI=1S/C6H10Cl2/c1-5(3-4-7)6(2)8/h3-4H2,1-2H3. The Bertz CT molecular complexity index is 90.7. The van der Waals surface area contributed by atoms with Gasteiger partial charge in [0.05, 0.1) is 0 Å². The summed E-state index contributed by atoms with van der Waals surface area (Å²) in [6, 6.07) is 0. The summed E-state index contributed by atoms with van der Waals surface area (Å²) >= 11 is 11.1. The summed E-state index contributed by atoms with van der Waals surface area (Å²) in [5.74, 6) is 0.663. The molecule has 0 heterocycles. The third-order valence-electron chi connectivity index (χ3n) is 1.06. The van der Waals surface area contributed by atoms with Crippen LogP contribution in [0.2, 0.25) is 0 Å². The molecule has 0 radical (unpaired) electrons. The van der Waals surface area contributed by atoms with Gasteiger partial charge >= 0.3 is 0 Å². The predicted molar refractivity (Wildman–Crippen MR) is 39.6 cm³/mol. The Labute approximate surface area is 60.5 Å². The normalized spacial score (nSPS) is 13.5. The van der Waals surface area contributed by atoms with Crippen LogP contribution in [0.3, 0.4) is 0 Å². The zero-order valence-electron chi connectivity index (χ0n) is 5.17. The molecule has 0 aromatic carbocycles. The van der Waals surface area contributed by atoms with Gasteiger partial charge in [-0.05, 0) is 20.3 Å². The van der Waals surface area contributed by atoms with Crippen molar-refractivity contribution in [1.82, 2.24) is 0 Å². The van der Waals surface area contributed by atoms with Gasteiger partial charge in [-0.25, -0.2) is 0 Å². The van der Waals surface area contributed by atoms with Crippen molar-refractivity contribution in [2.75, 3.05) is 5.88 Å². The maximum atomic E-state index is 5.63. The largest absolute Gasteiger partial charge is 0.126 e. The molecule has 0 nitrogen and oxygen atoms in total. The van der Waals surface area contributed by atoms with E-state index in [1.54, 1.807) is 0 Å². The fraction of sp³-hybridized carbons (Fsp3) is 0.667. The van der Waals surface area contributed by atoms with Gasteiger partial charge < -0.3 is 0 Å². The first-order valence-electron chi connectivity index (χ1n) is 2.56. The highest BCUT2D eigenvalue weighted by atomic mass is 35.5. The molecule has 8 heavy (non-hydrogen) atoms. The molecule has 0 saturated carbocycles. The van der Waals surface area contributed by atoms with Crippen molar-refractivity contribution in [2.24, 2.45) is 0 Å². The van der Waals surface area contributed by atoms with Crippen molar-refractivity contribution < 1.29 is 0 Å². The van der Waals surface area contributed by atoms with Crippen LogP contribution >= 0.6 is 23.2 Å². The Morgan fingerprint density at radius 2 is 1.88 bits per heavy atom. The summed E-state index contributed by atoms with van der Waals surface area (Å²) < 4.78 is 0. The van der Waals surface area contributed by atoms with Gasteiger partial charge in [0.25, 0.3) is 0 Å². The van der Waals surface area contributed by atoms with E-state index in [-0.39, 0.29) is 0 Å². The van der Waals surface area contributed by atoms with Crippen molar-refractivity contribution in [3.05, 3.63) is 10.6 Å². The summed E-state index contributed by atoms with van der Waals surface area (Å²) in [5.41, 5.74) is 1.18. The van der Waals surface area contributed by atoms with Crippen LogP contribution in [0.5, 0.6) is 0 Å². The topological polar surface area (TPSA) is 0 Å². The molecule has 0 amide bonds. The molecular weight excluding hydrogens is 143 g/mol. The summed E-state index contributed by atoms with van der Waals surface area (Å²) in [4.78, 5) is 0. The minimum Gasteiger partial charge on any atom is -0.126 e. The van der Waals surface area contributed by atoms with Gasteiger partial charge in [-0.2, -0.15) is 0 Å². The van der Waals surface area contributed by atoms with Crippen LogP contribution in [-0.2, 0) is 0 Å². The molecule has 0 aliphatic heterocycles.